The summed E-state index contributed by atoms with van der Waals surface area (Å²) in [6, 6.07) is 18.6. The van der Waals surface area contributed by atoms with Crippen molar-refractivity contribution in [1.29, 1.82) is 0 Å². The van der Waals surface area contributed by atoms with Crippen molar-refractivity contribution < 1.29 is 18.4 Å². The van der Waals surface area contributed by atoms with Crippen LogP contribution in [0.4, 0.5) is 14.5 Å². The first-order chi connectivity index (χ1) is 17.0. The molecule has 2 heterocycles. The summed E-state index contributed by atoms with van der Waals surface area (Å²) in [6.07, 6.45) is -0.121. The predicted octanol–water partition coefficient (Wildman–Crippen LogP) is 4.56. The molecule has 35 heavy (non-hydrogen) atoms. The van der Waals surface area contributed by atoms with Gasteiger partial charge in [0.05, 0.1) is 12.1 Å². The summed E-state index contributed by atoms with van der Waals surface area (Å²) < 4.78 is 26.7. The molecule has 9 heteroatoms. The van der Waals surface area contributed by atoms with Crippen LogP contribution in [0, 0.1) is 11.6 Å². The first-order valence-corrected chi connectivity index (χ1v) is 11.9. The van der Waals surface area contributed by atoms with Gasteiger partial charge in [0.2, 0.25) is 5.91 Å². The molecule has 0 spiro atoms. The van der Waals surface area contributed by atoms with Gasteiger partial charge in [-0.15, -0.1) is 0 Å². The van der Waals surface area contributed by atoms with Crippen molar-refractivity contribution in [3.63, 3.8) is 0 Å². The fourth-order valence-electron chi connectivity index (χ4n) is 3.86. The van der Waals surface area contributed by atoms with Crippen LogP contribution in [-0.4, -0.2) is 33.8 Å². The molecule has 0 radical (unpaired) electrons. The van der Waals surface area contributed by atoms with E-state index in [-0.39, 0.29) is 36.4 Å². The molecule has 1 N–H and O–H groups in total. The molecule has 0 aliphatic carbocycles. The third-order valence-corrected chi connectivity index (χ3v) is 6.60. The summed E-state index contributed by atoms with van der Waals surface area (Å²) >= 11 is 1.31. The second-order valence-corrected chi connectivity index (χ2v) is 9.02. The van der Waals surface area contributed by atoms with E-state index in [1.165, 1.54) is 40.9 Å². The van der Waals surface area contributed by atoms with Gasteiger partial charge in [0.15, 0.2) is 5.17 Å². The number of amides is 2. The van der Waals surface area contributed by atoms with Crippen molar-refractivity contribution in [2.75, 3.05) is 0 Å². The molecule has 2 amide bonds. The molecule has 0 saturated carbocycles. The van der Waals surface area contributed by atoms with E-state index in [2.05, 4.69) is 15.3 Å². The van der Waals surface area contributed by atoms with Gasteiger partial charge in [-0.2, -0.15) is 0 Å². The number of amidine groups is 2. The molecule has 176 valence electrons. The molecule has 0 aromatic heterocycles. The standard InChI is InChI=1S/C26H20F2N4O2S/c27-18-10-8-16(9-11-18)14-29-23(33)13-22-25(34)32-24(30-22)20-6-1-2-7-21(20)31-26(32)35-15-17-4-3-5-19(28)12-17/h1-12,22H,13-15H2,(H,29,33)/t22-/m1/s1. The molecular weight excluding hydrogens is 470 g/mol. The van der Waals surface area contributed by atoms with Gasteiger partial charge in [-0.1, -0.05) is 48.2 Å². The highest BCUT2D eigenvalue weighted by atomic mass is 32.2. The zero-order valence-electron chi connectivity index (χ0n) is 18.4. The average molecular weight is 491 g/mol. The number of nitrogens with one attached hydrogen (secondary N) is 1. The Balaban J connectivity index is 1.32. The van der Waals surface area contributed by atoms with Gasteiger partial charge in [0, 0.05) is 17.9 Å². The van der Waals surface area contributed by atoms with Crippen LogP contribution in [0.5, 0.6) is 0 Å². The van der Waals surface area contributed by atoms with Crippen LogP contribution in [0.15, 0.2) is 82.8 Å². The molecule has 2 aliphatic rings. The summed E-state index contributed by atoms with van der Waals surface area (Å²) in [7, 11) is 0. The number of carbonyl (C=O) groups excluding carboxylic acids is 2. The SMILES string of the molecule is O=C(C[C@H]1N=C2c3ccccc3N=C(SCc3cccc(F)c3)N2C1=O)NCc1ccc(F)cc1. The highest BCUT2D eigenvalue weighted by molar-refractivity contribution is 8.13. The Morgan fingerprint density at radius 1 is 0.971 bits per heavy atom. The number of fused-ring (bicyclic) bond motifs is 3. The maximum Gasteiger partial charge on any atom is 0.259 e. The lowest BCUT2D eigenvalue weighted by molar-refractivity contribution is -0.128. The molecule has 2 aliphatic heterocycles. The van der Waals surface area contributed by atoms with Crippen molar-refractivity contribution in [3.8, 4) is 0 Å². The van der Waals surface area contributed by atoms with E-state index in [0.29, 0.717) is 28.0 Å². The molecule has 3 aromatic carbocycles. The fourth-order valence-corrected chi connectivity index (χ4v) is 4.80. The first kappa shape index (κ1) is 22.9. The van der Waals surface area contributed by atoms with Crippen molar-refractivity contribution >= 4 is 40.3 Å². The number of carbonyl (C=O) groups is 2. The quantitative estimate of drug-likeness (QED) is 0.551. The Bertz CT molecular complexity index is 1360. The van der Waals surface area contributed by atoms with Crippen molar-refractivity contribution in [3.05, 3.63) is 101 Å². The zero-order valence-corrected chi connectivity index (χ0v) is 19.3. The predicted molar refractivity (Wildman–Crippen MR) is 131 cm³/mol. The normalized spacial score (nSPS) is 16.3. The van der Waals surface area contributed by atoms with E-state index >= 15 is 0 Å². The lowest BCUT2D eigenvalue weighted by Crippen LogP contribution is -2.42. The number of halogens is 2. The molecule has 6 nitrogen and oxygen atoms in total. The van der Waals surface area contributed by atoms with Crippen LogP contribution in [-0.2, 0) is 21.9 Å². The van der Waals surface area contributed by atoms with E-state index in [4.69, 9.17) is 0 Å². The summed E-state index contributed by atoms with van der Waals surface area (Å²) in [5.41, 5.74) is 2.90. The number of para-hydroxylation sites is 1. The van der Waals surface area contributed by atoms with E-state index in [9.17, 15) is 18.4 Å². The lowest BCUT2D eigenvalue weighted by atomic mass is 10.1. The van der Waals surface area contributed by atoms with E-state index in [1.54, 1.807) is 18.2 Å². The molecular formula is C26H20F2N4O2S. The van der Waals surface area contributed by atoms with Gasteiger partial charge >= 0.3 is 0 Å². The number of rotatable bonds is 6. The van der Waals surface area contributed by atoms with Crippen LogP contribution in [0.1, 0.15) is 23.1 Å². The minimum atomic E-state index is -0.885. The van der Waals surface area contributed by atoms with Gasteiger partial charge < -0.3 is 5.32 Å². The van der Waals surface area contributed by atoms with Gasteiger partial charge in [-0.3, -0.25) is 14.6 Å². The number of benzene rings is 3. The maximum atomic E-state index is 13.6. The second kappa shape index (κ2) is 9.79. The van der Waals surface area contributed by atoms with Crippen molar-refractivity contribution in [1.82, 2.24) is 10.2 Å². The Kier molecular flexibility index (Phi) is 6.41. The van der Waals surface area contributed by atoms with Crippen molar-refractivity contribution in [2.45, 2.75) is 24.8 Å². The Hall–Kier alpha value is -3.85. The third-order valence-electron chi connectivity index (χ3n) is 5.59. The molecule has 0 saturated heterocycles. The third kappa shape index (κ3) is 5.00. The van der Waals surface area contributed by atoms with Gasteiger partial charge in [-0.25, -0.2) is 18.7 Å². The van der Waals surface area contributed by atoms with Crippen LogP contribution < -0.4 is 5.32 Å². The minimum Gasteiger partial charge on any atom is -0.352 e. The van der Waals surface area contributed by atoms with Crippen molar-refractivity contribution in [2.24, 2.45) is 9.98 Å². The molecule has 3 aromatic rings. The summed E-state index contributed by atoms with van der Waals surface area (Å²) in [4.78, 5) is 36.6. The first-order valence-electron chi connectivity index (χ1n) is 11.0. The molecule has 0 bridgehead atoms. The molecule has 0 unspecified atom stereocenters. The Labute approximate surface area is 204 Å². The number of hydrogen-bond donors (Lipinski definition) is 1. The maximum absolute atomic E-state index is 13.6. The number of hydrogen-bond acceptors (Lipinski definition) is 5. The minimum absolute atomic E-state index is 0.121. The highest BCUT2D eigenvalue weighted by Crippen LogP contribution is 2.34. The van der Waals surface area contributed by atoms with Crippen LogP contribution in [0.3, 0.4) is 0 Å². The number of nitrogens with zero attached hydrogens (tertiary/aromatic N) is 3. The van der Waals surface area contributed by atoms with Gasteiger partial charge in [0.25, 0.3) is 5.91 Å². The molecule has 1 atom stereocenters. The van der Waals surface area contributed by atoms with E-state index in [1.807, 2.05) is 30.3 Å². The fraction of sp³-hybridized carbons (Fsp3) is 0.154. The van der Waals surface area contributed by atoms with E-state index < -0.39 is 6.04 Å². The van der Waals surface area contributed by atoms with E-state index in [0.717, 1.165) is 11.1 Å². The smallest absolute Gasteiger partial charge is 0.259 e. The largest absolute Gasteiger partial charge is 0.352 e. The topological polar surface area (TPSA) is 74.1 Å². The lowest BCUT2D eigenvalue weighted by Gasteiger charge is -2.25. The van der Waals surface area contributed by atoms with Crippen LogP contribution in [0.2, 0.25) is 0 Å². The summed E-state index contributed by atoms with van der Waals surface area (Å²) in [5.74, 6) is -0.479. The van der Waals surface area contributed by atoms with Crippen LogP contribution in [0.25, 0.3) is 0 Å². The zero-order chi connectivity index (χ0) is 24.4. The summed E-state index contributed by atoms with van der Waals surface area (Å²) in [6.45, 7) is 0.222. The van der Waals surface area contributed by atoms with Gasteiger partial charge in [-0.05, 0) is 47.5 Å². The van der Waals surface area contributed by atoms with Gasteiger partial charge in [0.1, 0.15) is 23.5 Å². The molecule has 0 fully saturated rings. The Morgan fingerprint density at radius 2 is 1.77 bits per heavy atom. The number of aliphatic imine (C=N–C) groups is 2. The number of thioether (sulfide) groups is 1. The molecule has 5 rings (SSSR count). The second-order valence-electron chi connectivity index (χ2n) is 8.08. The monoisotopic (exact) mass is 490 g/mol. The highest BCUT2D eigenvalue weighted by Gasteiger charge is 2.42. The summed E-state index contributed by atoms with van der Waals surface area (Å²) in [5, 5.41) is 3.19. The van der Waals surface area contributed by atoms with Crippen LogP contribution >= 0.6 is 11.8 Å². The Morgan fingerprint density at radius 3 is 2.57 bits per heavy atom. The average Bonchev–Trinajstić information content (AvgIpc) is 3.18.